The molecule has 0 saturated carbocycles. The Morgan fingerprint density at radius 3 is 2.86 bits per heavy atom. The molecule has 0 spiro atoms. The maximum Gasteiger partial charge on any atom is 0.292 e. The van der Waals surface area contributed by atoms with Crippen LogP contribution in [0.2, 0.25) is 0 Å². The second-order valence-corrected chi connectivity index (χ2v) is 5.42. The highest BCUT2D eigenvalue weighted by molar-refractivity contribution is 5.93. The minimum atomic E-state index is -0.234. The topological polar surface area (TPSA) is 46.3 Å². The normalized spacial score (nSPS) is 17.7. The summed E-state index contributed by atoms with van der Waals surface area (Å²) < 4.78 is 18.7. The molecule has 0 aliphatic carbocycles. The predicted octanol–water partition coefficient (Wildman–Crippen LogP) is 3.19. The van der Waals surface area contributed by atoms with Gasteiger partial charge in [0.15, 0.2) is 5.89 Å². The van der Waals surface area contributed by atoms with E-state index in [2.05, 4.69) is 4.98 Å². The summed E-state index contributed by atoms with van der Waals surface area (Å²) in [5, 5.41) is 0. The highest BCUT2D eigenvalue weighted by Gasteiger charge is 2.31. The number of fused-ring (bicyclic) bond motifs is 1. The Morgan fingerprint density at radius 2 is 2.19 bits per heavy atom. The second kappa shape index (κ2) is 4.98. The summed E-state index contributed by atoms with van der Waals surface area (Å²) >= 11 is 0. The van der Waals surface area contributed by atoms with Gasteiger partial charge in [-0.15, -0.1) is 0 Å². The van der Waals surface area contributed by atoms with Gasteiger partial charge in [0.25, 0.3) is 5.91 Å². The van der Waals surface area contributed by atoms with Gasteiger partial charge >= 0.3 is 0 Å². The van der Waals surface area contributed by atoms with E-state index in [0.29, 0.717) is 30.3 Å². The van der Waals surface area contributed by atoms with E-state index in [4.69, 9.17) is 4.42 Å². The quantitative estimate of drug-likeness (QED) is 0.809. The first-order valence-corrected chi connectivity index (χ1v) is 7.00. The molecular weight excluding hydrogens is 271 g/mol. The summed E-state index contributed by atoms with van der Waals surface area (Å²) in [4.78, 5) is 18.5. The molecule has 1 aromatic heterocycles. The number of carbonyl (C=O) groups is 1. The molecule has 0 N–H and O–H groups in total. The first-order chi connectivity index (χ1) is 9.97. The Labute approximate surface area is 122 Å². The summed E-state index contributed by atoms with van der Waals surface area (Å²) in [7, 11) is 0. The average Bonchev–Trinajstić information content (AvgIpc) is 2.77. The number of amides is 1. The van der Waals surface area contributed by atoms with Crippen LogP contribution in [0.25, 0.3) is 0 Å². The molecule has 0 bridgehead atoms. The molecule has 1 aliphatic rings. The Kier molecular flexibility index (Phi) is 3.27. The second-order valence-electron chi connectivity index (χ2n) is 5.42. The van der Waals surface area contributed by atoms with Crippen molar-refractivity contribution in [3.05, 3.63) is 52.5 Å². The molecular formula is C16H17FN2O2. The van der Waals surface area contributed by atoms with Crippen LogP contribution in [0.15, 0.2) is 22.6 Å². The van der Waals surface area contributed by atoms with Crippen molar-refractivity contribution in [3.63, 3.8) is 0 Å². The molecule has 1 aliphatic heterocycles. The zero-order chi connectivity index (χ0) is 15.1. The minimum absolute atomic E-state index is 0.105. The fraction of sp³-hybridized carbons (Fsp3) is 0.375. The average molecular weight is 288 g/mol. The SMILES string of the molecule is Cc1nc(C)c(C(=O)N2CCc3cc(F)ccc3C2C)o1. The molecule has 5 heteroatoms. The largest absolute Gasteiger partial charge is 0.436 e. The third kappa shape index (κ3) is 2.33. The molecule has 1 amide bonds. The molecule has 1 aromatic carbocycles. The van der Waals surface area contributed by atoms with Gasteiger partial charge in [-0.05, 0) is 43.5 Å². The molecule has 2 aromatic rings. The Morgan fingerprint density at radius 1 is 1.43 bits per heavy atom. The molecule has 21 heavy (non-hydrogen) atoms. The summed E-state index contributed by atoms with van der Waals surface area (Å²) in [5.41, 5.74) is 2.57. The molecule has 4 nitrogen and oxygen atoms in total. The van der Waals surface area contributed by atoms with E-state index >= 15 is 0 Å². The fourth-order valence-electron chi connectivity index (χ4n) is 2.94. The molecule has 1 atom stereocenters. The molecule has 3 rings (SSSR count). The van der Waals surface area contributed by atoms with Crippen LogP contribution in [0.4, 0.5) is 4.39 Å². The van der Waals surface area contributed by atoms with Crippen molar-refractivity contribution in [2.45, 2.75) is 33.2 Å². The number of oxazole rings is 1. The summed E-state index contributed by atoms with van der Waals surface area (Å²) in [6.07, 6.45) is 0.648. The van der Waals surface area contributed by atoms with Gasteiger partial charge in [-0.1, -0.05) is 6.07 Å². The standard InChI is InChI=1S/C16H17FN2O2/c1-9-15(21-11(3)18-9)16(20)19-7-6-12-8-13(17)4-5-14(12)10(19)2/h4-5,8,10H,6-7H2,1-3H3. The van der Waals surface area contributed by atoms with Crippen LogP contribution in [0.3, 0.4) is 0 Å². The van der Waals surface area contributed by atoms with Crippen molar-refractivity contribution < 1.29 is 13.6 Å². The lowest BCUT2D eigenvalue weighted by molar-refractivity contribution is 0.0642. The van der Waals surface area contributed by atoms with Crippen LogP contribution < -0.4 is 0 Å². The molecule has 0 fully saturated rings. The lowest BCUT2D eigenvalue weighted by Gasteiger charge is -2.34. The number of benzene rings is 1. The number of halogens is 1. The van der Waals surface area contributed by atoms with Gasteiger partial charge in [0.05, 0.1) is 11.7 Å². The third-order valence-electron chi connectivity index (χ3n) is 4.00. The molecule has 1 unspecified atom stereocenters. The lowest BCUT2D eigenvalue weighted by atomic mass is 9.93. The van der Waals surface area contributed by atoms with Gasteiger partial charge in [-0.3, -0.25) is 4.79 Å². The molecule has 110 valence electrons. The summed E-state index contributed by atoms with van der Waals surface area (Å²) in [6.45, 7) is 5.99. The van der Waals surface area contributed by atoms with Crippen molar-refractivity contribution in [2.24, 2.45) is 0 Å². The van der Waals surface area contributed by atoms with Gasteiger partial charge in [0, 0.05) is 13.5 Å². The number of aryl methyl sites for hydroxylation is 2. The van der Waals surface area contributed by atoms with Crippen LogP contribution in [0, 0.1) is 19.7 Å². The number of rotatable bonds is 1. The number of hydrogen-bond donors (Lipinski definition) is 0. The van der Waals surface area contributed by atoms with E-state index in [0.717, 1.165) is 11.1 Å². The van der Waals surface area contributed by atoms with Crippen LogP contribution >= 0.6 is 0 Å². The number of aromatic nitrogens is 1. The lowest BCUT2D eigenvalue weighted by Crippen LogP contribution is -2.39. The van der Waals surface area contributed by atoms with Crippen molar-refractivity contribution >= 4 is 5.91 Å². The van der Waals surface area contributed by atoms with Crippen LogP contribution in [0.5, 0.6) is 0 Å². The summed E-state index contributed by atoms with van der Waals surface area (Å²) in [5.74, 6) is 0.394. The number of carbonyl (C=O) groups excluding carboxylic acids is 1. The number of nitrogens with zero attached hydrogens (tertiary/aromatic N) is 2. The van der Waals surface area contributed by atoms with Crippen LogP contribution in [-0.4, -0.2) is 22.3 Å². The molecule has 0 radical (unpaired) electrons. The van der Waals surface area contributed by atoms with E-state index in [-0.39, 0.29) is 17.8 Å². The van der Waals surface area contributed by atoms with Crippen molar-refractivity contribution in [3.8, 4) is 0 Å². The Bertz CT molecular complexity index is 708. The highest BCUT2D eigenvalue weighted by Crippen LogP contribution is 2.31. The van der Waals surface area contributed by atoms with Crippen LogP contribution in [-0.2, 0) is 6.42 Å². The fourth-order valence-corrected chi connectivity index (χ4v) is 2.94. The zero-order valence-corrected chi connectivity index (χ0v) is 12.3. The van der Waals surface area contributed by atoms with E-state index < -0.39 is 0 Å². The van der Waals surface area contributed by atoms with Crippen molar-refractivity contribution in [1.82, 2.24) is 9.88 Å². The maximum absolute atomic E-state index is 13.3. The first-order valence-electron chi connectivity index (χ1n) is 7.00. The van der Waals surface area contributed by atoms with Crippen molar-refractivity contribution in [2.75, 3.05) is 6.54 Å². The van der Waals surface area contributed by atoms with Gasteiger partial charge in [-0.2, -0.15) is 0 Å². The third-order valence-corrected chi connectivity index (χ3v) is 4.00. The summed E-state index contributed by atoms with van der Waals surface area (Å²) in [6, 6.07) is 4.64. The smallest absolute Gasteiger partial charge is 0.292 e. The van der Waals surface area contributed by atoms with E-state index in [9.17, 15) is 9.18 Å². The van der Waals surface area contributed by atoms with E-state index in [1.165, 1.54) is 6.07 Å². The monoisotopic (exact) mass is 288 g/mol. The van der Waals surface area contributed by atoms with Crippen LogP contribution in [0.1, 0.15) is 46.2 Å². The molecule has 2 heterocycles. The minimum Gasteiger partial charge on any atom is -0.436 e. The van der Waals surface area contributed by atoms with Gasteiger partial charge in [-0.25, -0.2) is 9.37 Å². The Balaban J connectivity index is 1.93. The zero-order valence-electron chi connectivity index (χ0n) is 12.3. The van der Waals surface area contributed by atoms with E-state index in [1.54, 1.807) is 30.9 Å². The van der Waals surface area contributed by atoms with Gasteiger partial charge < -0.3 is 9.32 Å². The van der Waals surface area contributed by atoms with Crippen molar-refractivity contribution in [1.29, 1.82) is 0 Å². The molecule has 0 saturated heterocycles. The first kappa shape index (κ1) is 13.8. The maximum atomic E-state index is 13.3. The highest BCUT2D eigenvalue weighted by atomic mass is 19.1. The van der Waals surface area contributed by atoms with Gasteiger partial charge in [0.2, 0.25) is 5.76 Å². The predicted molar refractivity (Wildman–Crippen MR) is 75.5 cm³/mol. The van der Waals surface area contributed by atoms with Gasteiger partial charge in [0.1, 0.15) is 5.82 Å². The van der Waals surface area contributed by atoms with E-state index in [1.807, 2.05) is 6.92 Å². The Hall–Kier alpha value is -2.17. The number of hydrogen-bond acceptors (Lipinski definition) is 3.